The van der Waals surface area contributed by atoms with Gasteiger partial charge in [0.25, 0.3) is 5.91 Å². The molecule has 1 aliphatic rings. The van der Waals surface area contributed by atoms with E-state index >= 15 is 0 Å². The summed E-state index contributed by atoms with van der Waals surface area (Å²) in [5.74, 6) is 0.0346. The topological polar surface area (TPSA) is 108 Å². The van der Waals surface area contributed by atoms with Crippen LogP contribution >= 0.6 is 0 Å². The van der Waals surface area contributed by atoms with Crippen molar-refractivity contribution >= 4 is 22.0 Å². The molecule has 2 heterocycles. The number of para-hydroxylation sites is 1. The van der Waals surface area contributed by atoms with Gasteiger partial charge in [0.05, 0.1) is 10.6 Å². The maximum Gasteiger partial charge on any atom is 0.261 e. The standard InChI is InChI=1S/C27H29N5O3S/c1-3-29-27(33)22(18-28)16-23-19-32(24-9-5-4-6-10-24)30-26(23)21-8-7-11-25(17-21)36(34,35)31-14-12-20(2)13-15-31/h4-11,16-17,19-20H,3,12-15H2,1-2H3,(H,29,33). The first-order chi connectivity index (χ1) is 17.3. The lowest BCUT2D eigenvalue weighted by Crippen LogP contribution is -2.37. The SMILES string of the molecule is CCNC(=O)C(C#N)=Cc1cn(-c2ccccc2)nc1-c1cccc(S(=O)(=O)N2CCC(C)CC2)c1. The minimum absolute atomic E-state index is 0.0584. The van der Waals surface area contributed by atoms with Gasteiger partial charge >= 0.3 is 0 Å². The number of rotatable bonds is 7. The molecule has 0 atom stereocenters. The smallest absolute Gasteiger partial charge is 0.261 e. The number of nitrogens with one attached hydrogen (secondary N) is 1. The summed E-state index contributed by atoms with van der Waals surface area (Å²) < 4.78 is 29.9. The number of sulfonamides is 1. The predicted molar refractivity (Wildman–Crippen MR) is 138 cm³/mol. The first-order valence-corrected chi connectivity index (χ1v) is 13.4. The van der Waals surface area contributed by atoms with Crippen LogP contribution < -0.4 is 5.32 Å². The van der Waals surface area contributed by atoms with Gasteiger partial charge in [-0.05, 0) is 56.0 Å². The van der Waals surface area contributed by atoms with Gasteiger partial charge in [0, 0.05) is 37.0 Å². The lowest BCUT2D eigenvalue weighted by Gasteiger charge is -2.29. The molecule has 0 saturated carbocycles. The lowest BCUT2D eigenvalue weighted by molar-refractivity contribution is -0.116. The van der Waals surface area contributed by atoms with Crippen LogP contribution in [0.25, 0.3) is 23.0 Å². The summed E-state index contributed by atoms with van der Waals surface area (Å²) >= 11 is 0. The Morgan fingerprint density at radius 2 is 1.89 bits per heavy atom. The number of hydrogen-bond acceptors (Lipinski definition) is 5. The van der Waals surface area contributed by atoms with E-state index in [1.165, 1.54) is 6.08 Å². The summed E-state index contributed by atoms with van der Waals surface area (Å²) in [6.45, 7) is 5.31. The van der Waals surface area contributed by atoms with Crippen LogP contribution in [0.4, 0.5) is 0 Å². The minimum Gasteiger partial charge on any atom is -0.352 e. The third kappa shape index (κ3) is 5.40. The number of hydrogen-bond donors (Lipinski definition) is 1. The molecule has 1 amide bonds. The van der Waals surface area contributed by atoms with Crippen molar-refractivity contribution in [2.75, 3.05) is 19.6 Å². The number of aromatic nitrogens is 2. The third-order valence-corrected chi connectivity index (χ3v) is 8.15. The van der Waals surface area contributed by atoms with Crippen molar-refractivity contribution in [3.05, 3.63) is 71.9 Å². The molecule has 0 bridgehead atoms. The van der Waals surface area contributed by atoms with E-state index in [2.05, 4.69) is 12.2 Å². The van der Waals surface area contributed by atoms with Crippen molar-refractivity contribution in [1.29, 1.82) is 5.26 Å². The van der Waals surface area contributed by atoms with Crippen molar-refractivity contribution in [2.24, 2.45) is 5.92 Å². The third-order valence-electron chi connectivity index (χ3n) is 6.25. The van der Waals surface area contributed by atoms with E-state index in [0.29, 0.717) is 42.4 Å². The maximum atomic E-state index is 13.4. The van der Waals surface area contributed by atoms with Gasteiger partial charge in [0.15, 0.2) is 0 Å². The summed E-state index contributed by atoms with van der Waals surface area (Å²) in [7, 11) is -3.66. The molecule has 9 heteroatoms. The largest absolute Gasteiger partial charge is 0.352 e. The summed E-state index contributed by atoms with van der Waals surface area (Å²) in [6, 6.07) is 18.1. The van der Waals surface area contributed by atoms with Gasteiger partial charge in [-0.25, -0.2) is 13.1 Å². The fraction of sp³-hybridized carbons (Fsp3) is 0.296. The van der Waals surface area contributed by atoms with Crippen molar-refractivity contribution in [3.63, 3.8) is 0 Å². The van der Waals surface area contributed by atoms with Gasteiger partial charge < -0.3 is 5.32 Å². The average molecular weight is 504 g/mol. The van der Waals surface area contributed by atoms with Crippen molar-refractivity contribution < 1.29 is 13.2 Å². The summed E-state index contributed by atoms with van der Waals surface area (Å²) in [5, 5.41) is 16.9. The number of amides is 1. The Labute approximate surface area is 211 Å². The quantitative estimate of drug-likeness (QED) is 0.387. The maximum absolute atomic E-state index is 13.4. The first-order valence-electron chi connectivity index (χ1n) is 12.0. The molecule has 3 aromatic rings. The zero-order valence-electron chi connectivity index (χ0n) is 20.4. The average Bonchev–Trinajstić information content (AvgIpc) is 3.32. The Bertz CT molecular complexity index is 1410. The van der Waals surface area contributed by atoms with Crippen LogP contribution in [0, 0.1) is 17.2 Å². The van der Waals surface area contributed by atoms with Crippen molar-refractivity contribution in [3.8, 4) is 23.0 Å². The van der Waals surface area contributed by atoms with E-state index in [-0.39, 0.29) is 10.5 Å². The molecule has 1 aromatic heterocycles. The van der Waals surface area contributed by atoms with Crippen molar-refractivity contribution in [1.82, 2.24) is 19.4 Å². The molecule has 0 radical (unpaired) electrons. The highest BCUT2D eigenvalue weighted by molar-refractivity contribution is 7.89. The van der Waals surface area contributed by atoms with E-state index < -0.39 is 15.9 Å². The van der Waals surface area contributed by atoms with Gasteiger partial charge in [-0.1, -0.05) is 37.3 Å². The number of likely N-dealkylation sites (N-methyl/N-ethyl adjacent to an activating group) is 1. The number of nitriles is 1. The Hall–Kier alpha value is -3.74. The van der Waals surface area contributed by atoms with Crippen LogP contribution in [0.5, 0.6) is 0 Å². The fourth-order valence-electron chi connectivity index (χ4n) is 4.17. The Balaban J connectivity index is 1.80. The monoisotopic (exact) mass is 503 g/mol. The van der Waals surface area contributed by atoms with Gasteiger partial charge in [-0.3, -0.25) is 4.79 Å². The second-order valence-corrected chi connectivity index (χ2v) is 10.8. The van der Waals surface area contributed by atoms with Crippen molar-refractivity contribution in [2.45, 2.75) is 31.6 Å². The predicted octanol–water partition coefficient (Wildman–Crippen LogP) is 4.00. The number of carbonyl (C=O) groups excluding carboxylic acids is 1. The molecule has 2 aromatic carbocycles. The molecule has 36 heavy (non-hydrogen) atoms. The van der Waals surface area contributed by atoms with Crippen LogP contribution in [0.1, 0.15) is 32.3 Å². The summed E-state index contributed by atoms with van der Waals surface area (Å²) in [5.41, 5.74) is 2.32. The number of piperidine rings is 1. The Morgan fingerprint density at radius 3 is 2.56 bits per heavy atom. The van der Waals surface area contributed by atoms with E-state index in [0.717, 1.165) is 18.5 Å². The molecule has 0 spiro atoms. The van der Waals surface area contributed by atoms with Crippen LogP contribution in [0.15, 0.2) is 71.3 Å². The normalized spacial score (nSPS) is 15.4. The lowest BCUT2D eigenvalue weighted by atomic mass is 10.0. The summed E-state index contributed by atoms with van der Waals surface area (Å²) in [4.78, 5) is 12.6. The number of nitrogens with zero attached hydrogens (tertiary/aromatic N) is 4. The molecular weight excluding hydrogens is 474 g/mol. The molecule has 8 nitrogen and oxygen atoms in total. The Morgan fingerprint density at radius 1 is 1.17 bits per heavy atom. The highest BCUT2D eigenvalue weighted by Gasteiger charge is 2.28. The number of benzene rings is 2. The van der Waals surface area contributed by atoms with E-state index in [9.17, 15) is 18.5 Å². The highest BCUT2D eigenvalue weighted by atomic mass is 32.2. The molecule has 4 rings (SSSR count). The second-order valence-electron chi connectivity index (χ2n) is 8.86. The first kappa shape index (κ1) is 25.4. The molecule has 1 saturated heterocycles. The molecule has 186 valence electrons. The van der Waals surface area contributed by atoms with Gasteiger partial charge in [0.1, 0.15) is 17.3 Å². The zero-order valence-corrected chi connectivity index (χ0v) is 21.2. The fourth-order valence-corrected chi connectivity index (χ4v) is 5.68. The van der Waals surface area contributed by atoms with E-state index in [1.807, 2.05) is 36.4 Å². The highest BCUT2D eigenvalue weighted by Crippen LogP contribution is 2.30. The molecule has 1 fully saturated rings. The molecule has 1 aliphatic heterocycles. The van der Waals surface area contributed by atoms with Gasteiger partial charge in [-0.2, -0.15) is 14.7 Å². The van der Waals surface area contributed by atoms with Crippen LogP contribution in [0.3, 0.4) is 0 Å². The molecular formula is C27H29N5O3S. The van der Waals surface area contributed by atoms with E-state index in [1.54, 1.807) is 46.4 Å². The van der Waals surface area contributed by atoms with Crippen LogP contribution in [0.2, 0.25) is 0 Å². The van der Waals surface area contributed by atoms with Gasteiger partial charge in [0.2, 0.25) is 10.0 Å². The van der Waals surface area contributed by atoms with Crippen LogP contribution in [-0.2, 0) is 14.8 Å². The second kappa shape index (κ2) is 10.9. The van der Waals surface area contributed by atoms with Gasteiger partial charge in [-0.15, -0.1) is 0 Å². The Kier molecular flexibility index (Phi) is 7.67. The molecule has 1 N–H and O–H groups in total. The summed E-state index contributed by atoms with van der Waals surface area (Å²) in [6.07, 6.45) is 4.90. The molecule has 0 aliphatic carbocycles. The van der Waals surface area contributed by atoms with Crippen LogP contribution in [-0.4, -0.2) is 48.0 Å². The zero-order chi connectivity index (χ0) is 25.7. The minimum atomic E-state index is -3.66. The number of carbonyl (C=O) groups is 1. The van der Waals surface area contributed by atoms with E-state index in [4.69, 9.17) is 5.10 Å². The molecule has 0 unspecified atom stereocenters.